The van der Waals surface area contributed by atoms with Crippen LogP contribution in [0.25, 0.3) is 0 Å². The minimum Gasteiger partial charge on any atom is -0.491 e. The first-order valence-electron chi connectivity index (χ1n) is 10.7. The minimum atomic E-state index is 0. The molecule has 0 N–H and O–H groups in total. The standard InChI is InChI=1S/C24H29N3O3.2ClH/c28-19-27-14-15-30-24-7-6-21(16-22(24)18-27)23(29)8-9-25-10-12-26(13-11-25)17-20-4-2-1-3-5-20;;/h1-7,16,19H,8-15,17-18H2;2*1H. The number of halogens is 2. The van der Waals surface area contributed by atoms with Gasteiger partial charge < -0.3 is 14.5 Å². The minimum absolute atomic E-state index is 0. The third-order valence-electron chi connectivity index (χ3n) is 5.91. The van der Waals surface area contributed by atoms with E-state index in [-0.39, 0.29) is 30.6 Å². The lowest BCUT2D eigenvalue weighted by atomic mass is 10.0. The fourth-order valence-corrected chi connectivity index (χ4v) is 4.09. The van der Waals surface area contributed by atoms with E-state index in [2.05, 4.69) is 34.1 Å². The fraction of sp³-hybridized carbons (Fsp3) is 0.417. The van der Waals surface area contributed by atoms with Crippen molar-refractivity contribution in [3.63, 3.8) is 0 Å². The zero-order valence-electron chi connectivity index (χ0n) is 18.2. The Morgan fingerprint density at radius 1 is 0.938 bits per heavy atom. The van der Waals surface area contributed by atoms with Crippen LogP contribution in [0.4, 0.5) is 0 Å². The molecule has 2 aliphatic rings. The van der Waals surface area contributed by atoms with Crippen LogP contribution in [0.1, 0.15) is 27.9 Å². The van der Waals surface area contributed by atoms with Crippen molar-refractivity contribution >= 4 is 37.0 Å². The number of hydrogen-bond donors (Lipinski definition) is 0. The van der Waals surface area contributed by atoms with Crippen molar-refractivity contribution in [3.8, 4) is 5.75 Å². The molecule has 0 radical (unpaired) electrons. The van der Waals surface area contributed by atoms with Gasteiger partial charge in [0.1, 0.15) is 12.4 Å². The van der Waals surface area contributed by atoms with E-state index in [4.69, 9.17) is 4.74 Å². The van der Waals surface area contributed by atoms with Gasteiger partial charge in [0.15, 0.2) is 5.78 Å². The number of piperazine rings is 1. The number of rotatable bonds is 7. The molecule has 0 spiro atoms. The van der Waals surface area contributed by atoms with Crippen LogP contribution >= 0.6 is 24.8 Å². The number of fused-ring (bicyclic) bond motifs is 1. The molecule has 8 heteroatoms. The maximum Gasteiger partial charge on any atom is 0.210 e. The van der Waals surface area contributed by atoms with E-state index in [9.17, 15) is 9.59 Å². The average Bonchev–Trinajstić information content (AvgIpc) is 3.00. The van der Waals surface area contributed by atoms with Crippen LogP contribution in [0.3, 0.4) is 0 Å². The topological polar surface area (TPSA) is 53.1 Å². The largest absolute Gasteiger partial charge is 0.491 e. The number of ketones is 1. The maximum absolute atomic E-state index is 12.8. The van der Waals surface area contributed by atoms with Crippen molar-refractivity contribution < 1.29 is 14.3 Å². The second-order valence-corrected chi connectivity index (χ2v) is 8.02. The molecule has 1 fully saturated rings. The first-order chi connectivity index (χ1) is 14.7. The van der Waals surface area contributed by atoms with Gasteiger partial charge in [-0.2, -0.15) is 0 Å². The zero-order chi connectivity index (χ0) is 20.8. The van der Waals surface area contributed by atoms with Crippen molar-refractivity contribution in [1.82, 2.24) is 14.7 Å². The highest BCUT2D eigenvalue weighted by Gasteiger charge is 2.19. The van der Waals surface area contributed by atoms with Crippen LogP contribution in [-0.4, -0.2) is 72.8 Å². The summed E-state index contributed by atoms with van der Waals surface area (Å²) >= 11 is 0. The molecular weight excluding hydrogens is 449 g/mol. The molecule has 6 nitrogen and oxygen atoms in total. The van der Waals surface area contributed by atoms with Gasteiger partial charge in [-0.3, -0.25) is 14.5 Å². The summed E-state index contributed by atoms with van der Waals surface area (Å²) in [7, 11) is 0. The van der Waals surface area contributed by atoms with Crippen molar-refractivity contribution in [2.24, 2.45) is 0 Å². The van der Waals surface area contributed by atoms with Gasteiger partial charge >= 0.3 is 0 Å². The quantitative estimate of drug-likeness (QED) is 0.450. The Labute approximate surface area is 202 Å². The van der Waals surface area contributed by atoms with Gasteiger partial charge in [-0.25, -0.2) is 0 Å². The van der Waals surface area contributed by atoms with Gasteiger partial charge in [-0.05, 0) is 23.8 Å². The molecule has 0 aromatic heterocycles. The lowest BCUT2D eigenvalue weighted by Crippen LogP contribution is -2.46. The van der Waals surface area contributed by atoms with Gasteiger partial charge in [0.2, 0.25) is 6.41 Å². The van der Waals surface area contributed by atoms with Crippen LogP contribution in [0.2, 0.25) is 0 Å². The molecular formula is C24H31Cl2N3O3. The van der Waals surface area contributed by atoms with Gasteiger partial charge in [0, 0.05) is 63.4 Å². The Hall–Kier alpha value is -2.12. The second kappa shape index (κ2) is 12.8. The molecule has 1 saturated heterocycles. The highest BCUT2D eigenvalue weighted by atomic mass is 35.5. The predicted molar refractivity (Wildman–Crippen MR) is 130 cm³/mol. The van der Waals surface area contributed by atoms with Crippen molar-refractivity contribution in [1.29, 1.82) is 0 Å². The molecule has 2 aromatic rings. The van der Waals surface area contributed by atoms with Gasteiger partial charge in [0.05, 0.1) is 6.54 Å². The number of ether oxygens (including phenoxy) is 1. The van der Waals surface area contributed by atoms with Crippen LogP contribution in [-0.2, 0) is 17.9 Å². The summed E-state index contributed by atoms with van der Waals surface area (Å²) in [5.41, 5.74) is 2.95. The van der Waals surface area contributed by atoms with Crippen LogP contribution in [0.5, 0.6) is 5.75 Å². The van der Waals surface area contributed by atoms with E-state index in [0.717, 1.165) is 57.0 Å². The summed E-state index contributed by atoms with van der Waals surface area (Å²) in [6.07, 6.45) is 1.35. The third-order valence-corrected chi connectivity index (χ3v) is 5.91. The maximum atomic E-state index is 12.8. The first-order valence-corrected chi connectivity index (χ1v) is 10.7. The second-order valence-electron chi connectivity index (χ2n) is 8.02. The predicted octanol–water partition coefficient (Wildman–Crippen LogP) is 3.27. The average molecular weight is 480 g/mol. The Kier molecular flexibility index (Phi) is 10.5. The number of nitrogens with zero attached hydrogens (tertiary/aromatic N) is 3. The number of hydrogen-bond acceptors (Lipinski definition) is 5. The molecule has 0 atom stereocenters. The highest BCUT2D eigenvalue weighted by Crippen LogP contribution is 2.24. The molecule has 1 amide bonds. The molecule has 2 heterocycles. The number of carbonyl (C=O) groups excluding carboxylic acids is 2. The monoisotopic (exact) mass is 479 g/mol. The first kappa shape index (κ1) is 26.1. The van der Waals surface area contributed by atoms with Gasteiger partial charge in [-0.1, -0.05) is 30.3 Å². The van der Waals surface area contributed by atoms with Crippen LogP contribution < -0.4 is 4.74 Å². The number of carbonyl (C=O) groups is 2. The zero-order valence-corrected chi connectivity index (χ0v) is 19.8. The summed E-state index contributed by atoms with van der Waals surface area (Å²) in [4.78, 5) is 30.4. The molecule has 0 unspecified atom stereocenters. The SMILES string of the molecule is Cl.Cl.O=CN1CCOc2ccc(C(=O)CCN3CCN(Cc4ccccc4)CC3)cc2C1. The molecule has 2 aromatic carbocycles. The van der Waals surface area contributed by atoms with Crippen molar-refractivity contribution in [2.45, 2.75) is 19.5 Å². The normalized spacial score (nSPS) is 16.6. The van der Waals surface area contributed by atoms with Crippen LogP contribution in [0.15, 0.2) is 48.5 Å². The molecule has 174 valence electrons. The number of Topliss-reactive ketones (excluding diaryl/α,β-unsaturated/α-hetero) is 1. The Bertz CT molecular complexity index is 874. The molecule has 0 aliphatic carbocycles. The van der Waals surface area contributed by atoms with E-state index >= 15 is 0 Å². The number of benzene rings is 2. The lowest BCUT2D eigenvalue weighted by Gasteiger charge is -2.34. The lowest BCUT2D eigenvalue weighted by molar-refractivity contribution is -0.118. The van der Waals surface area contributed by atoms with Gasteiger partial charge in [-0.15, -0.1) is 24.8 Å². The molecule has 4 rings (SSSR count). The molecule has 0 saturated carbocycles. The van der Waals surface area contributed by atoms with E-state index in [1.165, 1.54) is 5.56 Å². The van der Waals surface area contributed by atoms with Crippen LogP contribution in [0, 0.1) is 0 Å². The third kappa shape index (κ3) is 6.94. The number of amides is 1. The summed E-state index contributed by atoms with van der Waals surface area (Å²) in [5.74, 6) is 0.914. The Balaban J connectivity index is 0.00000181. The van der Waals surface area contributed by atoms with Gasteiger partial charge in [0.25, 0.3) is 0 Å². The molecule has 0 bridgehead atoms. The van der Waals surface area contributed by atoms with E-state index in [1.54, 1.807) is 4.90 Å². The van der Waals surface area contributed by atoms with E-state index < -0.39 is 0 Å². The molecule has 2 aliphatic heterocycles. The molecule has 32 heavy (non-hydrogen) atoms. The Morgan fingerprint density at radius 2 is 1.66 bits per heavy atom. The van der Waals surface area contributed by atoms with E-state index in [1.807, 2.05) is 24.3 Å². The summed E-state index contributed by atoms with van der Waals surface area (Å²) in [6.45, 7) is 7.35. The summed E-state index contributed by atoms with van der Waals surface area (Å²) < 4.78 is 5.70. The summed E-state index contributed by atoms with van der Waals surface area (Å²) in [5, 5.41) is 0. The smallest absolute Gasteiger partial charge is 0.210 e. The summed E-state index contributed by atoms with van der Waals surface area (Å²) in [6, 6.07) is 16.2. The highest BCUT2D eigenvalue weighted by molar-refractivity contribution is 5.96. The van der Waals surface area contributed by atoms with E-state index in [0.29, 0.717) is 31.7 Å². The van der Waals surface area contributed by atoms with Crippen molar-refractivity contribution in [3.05, 3.63) is 65.2 Å². The Morgan fingerprint density at radius 3 is 2.38 bits per heavy atom. The fourth-order valence-electron chi connectivity index (χ4n) is 4.09. The van der Waals surface area contributed by atoms with Crippen molar-refractivity contribution in [2.75, 3.05) is 45.9 Å².